The van der Waals surface area contributed by atoms with Gasteiger partial charge in [-0.25, -0.2) is 4.39 Å². The van der Waals surface area contributed by atoms with Crippen molar-refractivity contribution < 1.29 is 4.39 Å². The summed E-state index contributed by atoms with van der Waals surface area (Å²) in [7, 11) is 0. The lowest BCUT2D eigenvalue weighted by molar-refractivity contribution is 0.629. The molecule has 2 aromatic rings. The summed E-state index contributed by atoms with van der Waals surface area (Å²) in [6.45, 7) is 0.613. The zero-order valence-corrected chi connectivity index (χ0v) is 7.90. The van der Waals surface area contributed by atoms with E-state index in [-0.39, 0.29) is 5.82 Å². The number of hydrogen-bond donors (Lipinski definition) is 1. The third-order valence-corrected chi connectivity index (χ3v) is 3.04. The molecule has 0 atom stereocenters. The molecular formula is C10H10FNS. The zero-order valence-electron chi connectivity index (χ0n) is 7.09. The van der Waals surface area contributed by atoms with E-state index in [2.05, 4.69) is 5.38 Å². The fourth-order valence-electron chi connectivity index (χ4n) is 1.40. The molecule has 0 unspecified atom stereocenters. The number of fused-ring (bicyclic) bond motifs is 1. The summed E-state index contributed by atoms with van der Waals surface area (Å²) in [5.74, 6) is -0.177. The second-order valence-electron chi connectivity index (χ2n) is 2.94. The predicted molar refractivity (Wildman–Crippen MR) is 54.5 cm³/mol. The quantitative estimate of drug-likeness (QED) is 0.783. The molecule has 1 nitrogen and oxygen atoms in total. The molecular weight excluding hydrogens is 185 g/mol. The highest BCUT2D eigenvalue weighted by molar-refractivity contribution is 7.17. The third-order valence-electron chi connectivity index (χ3n) is 2.03. The fraction of sp³-hybridized carbons (Fsp3) is 0.200. The van der Waals surface area contributed by atoms with E-state index in [9.17, 15) is 4.39 Å². The summed E-state index contributed by atoms with van der Waals surface area (Å²) in [6.07, 6.45) is 0.823. The number of benzene rings is 1. The van der Waals surface area contributed by atoms with E-state index in [4.69, 9.17) is 5.73 Å². The molecule has 13 heavy (non-hydrogen) atoms. The Labute approximate surface area is 80.0 Å². The number of thiophene rings is 1. The molecule has 0 spiro atoms. The second-order valence-corrected chi connectivity index (χ2v) is 3.85. The molecule has 1 heterocycles. The van der Waals surface area contributed by atoms with Crippen LogP contribution in [-0.2, 0) is 6.42 Å². The highest BCUT2D eigenvalue weighted by Crippen LogP contribution is 2.26. The maximum atomic E-state index is 12.9. The summed E-state index contributed by atoms with van der Waals surface area (Å²) in [4.78, 5) is 0. The molecule has 0 fully saturated rings. The van der Waals surface area contributed by atoms with Gasteiger partial charge in [-0.3, -0.25) is 0 Å². The lowest BCUT2D eigenvalue weighted by Gasteiger charge is -1.95. The van der Waals surface area contributed by atoms with Crippen molar-refractivity contribution in [2.45, 2.75) is 6.42 Å². The zero-order chi connectivity index (χ0) is 9.26. The van der Waals surface area contributed by atoms with Crippen molar-refractivity contribution in [3.8, 4) is 0 Å². The Balaban J connectivity index is 2.58. The van der Waals surface area contributed by atoms with Crippen LogP contribution in [0.1, 0.15) is 5.56 Å². The normalized spacial score (nSPS) is 10.9. The number of hydrogen-bond acceptors (Lipinski definition) is 2. The Morgan fingerprint density at radius 2 is 2.23 bits per heavy atom. The summed E-state index contributed by atoms with van der Waals surface area (Å²) in [6, 6.07) is 4.89. The number of halogens is 1. The Kier molecular flexibility index (Phi) is 2.29. The van der Waals surface area contributed by atoms with Crippen LogP contribution in [0, 0.1) is 5.82 Å². The van der Waals surface area contributed by atoms with Gasteiger partial charge in [-0.1, -0.05) is 0 Å². The summed E-state index contributed by atoms with van der Waals surface area (Å²) >= 11 is 1.64. The summed E-state index contributed by atoms with van der Waals surface area (Å²) in [5.41, 5.74) is 6.61. The van der Waals surface area contributed by atoms with Gasteiger partial charge in [0.15, 0.2) is 0 Å². The van der Waals surface area contributed by atoms with Crippen molar-refractivity contribution in [3.63, 3.8) is 0 Å². The molecule has 2 rings (SSSR count). The average Bonchev–Trinajstić information content (AvgIpc) is 2.49. The maximum absolute atomic E-state index is 12.9. The molecule has 1 aromatic carbocycles. The number of nitrogens with two attached hydrogens (primary N) is 1. The van der Waals surface area contributed by atoms with Crippen LogP contribution in [0.4, 0.5) is 4.39 Å². The summed E-state index contributed by atoms with van der Waals surface area (Å²) < 4.78 is 14.0. The van der Waals surface area contributed by atoms with Crippen LogP contribution in [0.3, 0.4) is 0 Å². The van der Waals surface area contributed by atoms with Crippen molar-refractivity contribution in [3.05, 3.63) is 35.0 Å². The van der Waals surface area contributed by atoms with Gasteiger partial charge in [0.2, 0.25) is 0 Å². The lowest BCUT2D eigenvalue weighted by Crippen LogP contribution is -2.01. The van der Waals surface area contributed by atoms with Gasteiger partial charge in [-0.05, 0) is 47.5 Å². The van der Waals surface area contributed by atoms with Crippen LogP contribution in [-0.4, -0.2) is 6.54 Å². The Hall–Kier alpha value is -0.930. The third kappa shape index (κ3) is 1.57. The molecule has 0 saturated carbocycles. The van der Waals surface area contributed by atoms with E-state index in [0.29, 0.717) is 6.54 Å². The molecule has 0 aliphatic heterocycles. The molecule has 3 heteroatoms. The molecule has 0 amide bonds. The van der Waals surface area contributed by atoms with Gasteiger partial charge in [-0.15, -0.1) is 11.3 Å². The molecule has 68 valence electrons. The van der Waals surface area contributed by atoms with E-state index in [1.807, 2.05) is 6.07 Å². The first-order valence-corrected chi connectivity index (χ1v) is 5.05. The van der Waals surface area contributed by atoms with Crippen molar-refractivity contribution >= 4 is 21.4 Å². The topological polar surface area (TPSA) is 26.0 Å². The standard InChI is InChI=1S/C10H10FNS/c11-8-1-2-10-9(5-8)7(3-4-12)6-13-10/h1-2,5-6H,3-4,12H2. The van der Waals surface area contributed by atoms with Gasteiger partial charge in [0.1, 0.15) is 5.82 Å². The minimum atomic E-state index is -0.177. The van der Waals surface area contributed by atoms with Gasteiger partial charge in [-0.2, -0.15) is 0 Å². The first-order valence-electron chi connectivity index (χ1n) is 4.17. The molecule has 0 aliphatic carbocycles. The minimum Gasteiger partial charge on any atom is -0.330 e. The first-order chi connectivity index (χ1) is 6.31. The molecule has 0 aliphatic rings. The molecule has 2 N–H and O–H groups in total. The van der Waals surface area contributed by atoms with Gasteiger partial charge in [0, 0.05) is 4.70 Å². The molecule has 1 aromatic heterocycles. The van der Waals surface area contributed by atoms with Crippen LogP contribution in [0.5, 0.6) is 0 Å². The largest absolute Gasteiger partial charge is 0.330 e. The summed E-state index contributed by atoms with van der Waals surface area (Å²) in [5, 5.41) is 3.06. The Morgan fingerprint density at radius 3 is 3.00 bits per heavy atom. The van der Waals surface area contributed by atoms with E-state index in [0.717, 1.165) is 22.1 Å². The average molecular weight is 195 g/mol. The minimum absolute atomic E-state index is 0.177. The fourth-order valence-corrected chi connectivity index (χ4v) is 2.38. The Morgan fingerprint density at radius 1 is 1.38 bits per heavy atom. The van der Waals surface area contributed by atoms with Gasteiger partial charge < -0.3 is 5.73 Å². The van der Waals surface area contributed by atoms with Gasteiger partial charge in [0.25, 0.3) is 0 Å². The van der Waals surface area contributed by atoms with Crippen molar-refractivity contribution in [2.24, 2.45) is 5.73 Å². The highest BCUT2D eigenvalue weighted by Gasteiger charge is 2.03. The van der Waals surface area contributed by atoms with Crippen LogP contribution in [0.25, 0.3) is 10.1 Å². The second kappa shape index (κ2) is 3.44. The lowest BCUT2D eigenvalue weighted by atomic mass is 10.1. The van der Waals surface area contributed by atoms with E-state index >= 15 is 0 Å². The molecule has 0 saturated heterocycles. The van der Waals surface area contributed by atoms with Gasteiger partial charge >= 0.3 is 0 Å². The van der Waals surface area contributed by atoms with Crippen LogP contribution < -0.4 is 5.73 Å². The first kappa shape index (κ1) is 8.66. The SMILES string of the molecule is NCCc1csc2ccc(F)cc12. The maximum Gasteiger partial charge on any atom is 0.123 e. The number of rotatable bonds is 2. The van der Waals surface area contributed by atoms with E-state index < -0.39 is 0 Å². The van der Waals surface area contributed by atoms with Crippen LogP contribution in [0.2, 0.25) is 0 Å². The monoisotopic (exact) mass is 195 g/mol. The van der Waals surface area contributed by atoms with Crippen molar-refractivity contribution in [1.29, 1.82) is 0 Å². The molecule has 0 radical (unpaired) electrons. The van der Waals surface area contributed by atoms with Crippen molar-refractivity contribution in [2.75, 3.05) is 6.54 Å². The molecule has 0 bridgehead atoms. The highest BCUT2D eigenvalue weighted by atomic mass is 32.1. The Bertz CT molecular complexity index is 422. The van der Waals surface area contributed by atoms with Crippen LogP contribution >= 0.6 is 11.3 Å². The van der Waals surface area contributed by atoms with Crippen molar-refractivity contribution in [1.82, 2.24) is 0 Å². The van der Waals surface area contributed by atoms with Crippen LogP contribution in [0.15, 0.2) is 23.6 Å². The smallest absolute Gasteiger partial charge is 0.123 e. The van der Waals surface area contributed by atoms with E-state index in [1.165, 1.54) is 6.07 Å². The predicted octanol–water partition coefficient (Wildman–Crippen LogP) is 2.54. The van der Waals surface area contributed by atoms with Gasteiger partial charge in [0.05, 0.1) is 0 Å². The van der Waals surface area contributed by atoms with E-state index in [1.54, 1.807) is 17.4 Å².